The van der Waals surface area contributed by atoms with E-state index < -0.39 is 0 Å². The summed E-state index contributed by atoms with van der Waals surface area (Å²) in [5, 5.41) is 3.75. The van der Waals surface area contributed by atoms with Crippen molar-refractivity contribution in [2.24, 2.45) is 0 Å². The maximum absolute atomic E-state index is 13.2. The molecule has 0 aliphatic carbocycles. The van der Waals surface area contributed by atoms with E-state index in [1.807, 2.05) is 60.7 Å². The second kappa shape index (κ2) is 8.55. The van der Waals surface area contributed by atoms with Crippen molar-refractivity contribution in [1.29, 1.82) is 0 Å². The van der Waals surface area contributed by atoms with Crippen LogP contribution in [0.3, 0.4) is 0 Å². The molecule has 0 saturated heterocycles. The number of anilines is 1. The number of aromatic nitrogens is 1. The van der Waals surface area contributed by atoms with Gasteiger partial charge in [0.15, 0.2) is 0 Å². The van der Waals surface area contributed by atoms with Crippen LogP contribution < -0.4 is 14.8 Å². The minimum atomic E-state index is -0.208. The van der Waals surface area contributed by atoms with Gasteiger partial charge in [-0.2, -0.15) is 0 Å². The fraction of sp³-hybridized carbons (Fsp3) is 0.0833. The lowest BCUT2D eigenvalue weighted by Crippen LogP contribution is -2.13. The van der Waals surface area contributed by atoms with E-state index in [0.717, 1.165) is 20.9 Å². The second-order valence-electron chi connectivity index (χ2n) is 6.60. The number of carbonyl (C=O) groups is 1. The van der Waals surface area contributed by atoms with E-state index in [0.29, 0.717) is 28.4 Å². The van der Waals surface area contributed by atoms with Gasteiger partial charge in [0.2, 0.25) is 0 Å². The van der Waals surface area contributed by atoms with Crippen LogP contribution in [0.1, 0.15) is 10.4 Å². The van der Waals surface area contributed by atoms with E-state index in [9.17, 15) is 4.79 Å². The van der Waals surface area contributed by atoms with Crippen LogP contribution in [-0.4, -0.2) is 25.1 Å². The Hall–Kier alpha value is -3.38. The van der Waals surface area contributed by atoms with Crippen molar-refractivity contribution in [3.05, 3.63) is 82.8 Å². The van der Waals surface area contributed by atoms with Crippen molar-refractivity contribution in [3.63, 3.8) is 0 Å². The molecule has 1 aromatic heterocycles. The fourth-order valence-electron chi connectivity index (χ4n) is 3.28. The number of rotatable bonds is 5. The lowest BCUT2D eigenvalue weighted by atomic mass is 10.0. The molecule has 4 aromatic rings. The fourth-order valence-corrected chi connectivity index (χ4v) is 3.68. The van der Waals surface area contributed by atoms with Gasteiger partial charge in [-0.3, -0.25) is 4.79 Å². The average Bonchev–Trinajstić information content (AvgIpc) is 2.77. The molecule has 0 bridgehead atoms. The van der Waals surface area contributed by atoms with E-state index in [1.165, 1.54) is 0 Å². The first-order valence-corrected chi connectivity index (χ1v) is 10.1. The molecule has 1 heterocycles. The van der Waals surface area contributed by atoms with Crippen LogP contribution in [0.4, 0.5) is 5.69 Å². The number of hydrogen-bond donors (Lipinski definition) is 1. The van der Waals surface area contributed by atoms with Crippen molar-refractivity contribution < 1.29 is 14.3 Å². The normalized spacial score (nSPS) is 10.6. The van der Waals surface area contributed by atoms with Gasteiger partial charge in [0.05, 0.1) is 31.0 Å². The van der Waals surface area contributed by atoms with E-state index in [2.05, 4.69) is 21.2 Å². The number of amides is 1. The molecule has 3 aromatic carbocycles. The summed E-state index contributed by atoms with van der Waals surface area (Å²) in [6.45, 7) is 0. The third-order valence-electron chi connectivity index (χ3n) is 4.73. The van der Waals surface area contributed by atoms with Gasteiger partial charge < -0.3 is 14.8 Å². The average molecular weight is 463 g/mol. The lowest BCUT2D eigenvalue weighted by molar-refractivity contribution is 0.102. The molecule has 1 N–H and O–H groups in total. The van der Waals surface area contributed by atoms with Gasteiger partial charge in [0.25, 0.3) is 5.91 Å². The third kappa shape index (κ3) is 4.00. The number of nitrogens with one attached hydrogen (secondary N) is 1. The number of hydrogen-bond acceptors (Lipinski definition) is 4. The summed E-state index contributed by atoms with van der Waals surface area (Å²) in [6.07, 6.45) is 0. The minimum Gasteiger partial charge on any atom is -0.497 e. The molecule has 5 nitrogen and oxygen atoms in total. The van der Waals surface area contributed by atoms with Gasteiger partial charge >= 0.3 is 0 Å². The number of para-hydroxylation sites is 1. The van der Waals surface area contributed by atoms with Crippen molar-refractivity contribution >= 4 is 38.4 Å². The van der Waals surface area contributed by atoms with Gasteiger partial charge in [0, 0.05) is 27.2 Å². The third-order valence-corrected chi connectivity index (χ3v) is 5.22. The zero-order valence-electron chi connectivity index (χ0n) is 16.5. The molecule has 0 unspecified atom stereocenters. The first-order valence-electron chi connectivity index (χ1n) is 9.28. The van der Waals surface area contributed by atoms with E-state index in [1.54, 1.807) is 26.4 Å². The van der Waals surface area contributed by atoms with Gasteiger partial charge in [-0.15, -0.1) is 0 Å². The Bertz CT molecular complexity index is 1240. The van der Waals surface area contributed by atoms with Crippen molar-refractivity contribution in [2.75, 3.05) is 19.5 Å². The van der Waals surface area contributed by atoms with E-state index in [-0.39, 0.29) is 5.91 Å². The van der Waals surface area contributed by atoms with Gasteiger partial charge in [-0.05, 0) is 42.5 Å². The summed E-state index contributed by atoms with van der Waals surface area (Å²) in [7, 11) is 3.20. The van der Waals surface area contributed by atoms with Crippen molar-refractivity contribution in [2.45, 2.75) is 0 Å². The Labute approximate surface area is 182 Å². The summed E-state index contributed by atoms with van der Waals surface area (Å²) >= 11 is 3.43. The van der Waals surface area contributed by atoms with Crippen LogP contribution in [0.5, 0.6) is 11.5 Å². The first-order chi connectivity index (χ1) is 14.6. The monoisotopic (exact) mass is 462 g/mol. The Morgan fingerprint density at radius 1 is 0.933 bits per heavy atom. The number of fused-ring (bicyclic) bond motifs is 1. The number of pyridine rings is 1. The SMILES string of the molecule is COc1ccc(-c2cc(C(=O)Nc3cccc(Br)c3)c3ccccc3n2)c(OC)c1. The maximum Gasteiger partial charge on any atom is 0.256 e. The van der Waals surface area contributed by atoms with Gasteiger partial charge in [0.1, 0.15) is 11.5 Å². The first kappa shape index (κ1) is 19.9. The molecule has 0 fully saturated rings. The predicted molar refractivity (Wildman–Crippen MR) is 122 cm³/mol. The number of benzene rings is 3. The number of nitrogens with zero attached hydrogens (tertiary/aromatic N) is 1. The van der Waals surface area contributed by atoms with Crippen LogP contribution >= 0.6 is 15.9 Å². The number of methoxy groups -OCH3 is 2. The smallest absolute Gasteiger partial charge is 0.256 e. The van der Waals surface area contributed by atoms with E-state index in [4.69, 9.17) is 14.5 Å². The number of ether oxygens (including phenoxy) is 2. The molecular formula is C24H19BrN2O3. The molecule has 0 spiro atoms. The topological polar surface area (TPSA) is 60.5 Å². The molecule has 1 amide bonds. The largest absolute Gasteiger partial charge is 0.497 e. The molecule has 4 rings (SSSR count). The maximum atomic E-state index is 13.2. The molecule has 0 aliphatic heterocycles. The highest BCUT2D eigenvalue weighted by molar-refractivity contribution is 9.10. The standard InChI is InChI=1S/C24H19BrN2O3/c1-29-17-10-11-19(23(13-17)30-2)22-14-20(18-8-3-4-9-21(18)27-22)24(28)26-16-7-5-6-15(25)12-16/h3-14H,1-2H3,(H,26,28). The summed E-state index contributed by atoms with van der Waals surface area (Å²) in [5.41, 5.74) is 3.40. The Morgan fingerprint density at radius 2 is 1.77 bits per heavy atom. The minimum absolute atomic E-state index is 0.208. The molecule has 0 radical (unpaired) electrons. The lowest BCUT2D eigenvalue weighted by Gasteiger charge is -2.13. The van der Waals surface area contributed by atoms with Gasteiger partial charge in [-0.25, -0.2) is 4.98 Å². The van der Waals surface area contributed by atoms with Crippen LogP contribution in [0, 0.1) is 0 Å². The molecule has 0 saturated carbocycles. The molecule has 0 atom stereocenters. The number of halogens is 1. The summed E-state index contributed by atoms with van der Waals surface area (Å²) in [4.78, 5) is 17.9. The van der Waals surface area contributed by atoms with Gasteiger partial charge in [-0.1, -0.05) is 40.2 Å². The molecule has 6 heteroatoms. The Balaban J connectivity index is 1.83. The highest BCUT2D eigenvalue weighted by Crippen LogP contribution is 2.34. The van der Waals surface area contributed by atoms with Crippen molar-refractivity contribution in [1.82, 2.24) is 4.98 Å². The summed E-state index contributed by atoms with van der Waals surface area (Å²) in [5.74, 6) is 1.10. The number of carbonyl (C=O) groups excluding carboxylic acids is 1. The molecule has 0 aliphatic rings. The summed E-state index contributed by atoms with van der Waals surface area (Å²) < 4.78 is 11.7. The second-order valence-corrected chi connectivity index (χ2v) is 7.52. The molecule has 150 valence electrons. The Morgan fingerprint density at radius 3 is 2.53 bits per heavy atom. The quantitative estimate of drug-likeness (QED) is 0.398. The zero-order chi connectivity index (χ0) is 21.1. The van der Waals surface area contributed by atoms with Crippen LogP contribution in [0.2, 0.25) is 0 Å². The predicted octanol–water partition coefficient (Wildman–Crippen LogP) is 5.93. The summed E-state index contributed by atoms with van der Waals surface area (Å²) in [6, 6.07) is 22.4. The molecular weight excluding hydrogens is 444 g/mol. The zero-order valence-corrected chi connectivity index (χ0v) is 18.1. The van der Waals surface area contributed by atoms with Crippen LogP contribution in [-0.2, 0) is 0 Å². The van der Waals surface area contributed by atoms with Crippen LogP contribution in [0.25, 0.3) is 22.2 Å². The van der Waals surface area contributed by atoms with Crippen LogP contribution in [0.15, 0.2) is 77.3 Å². The highest BCUT2D eigenvalue weighted by atomic mass is 79.9. The highest BCUT2D eigenvalue weighted by Gasteiger charge is 2.16. The van der Waals surface area contributed by atoms with Crippen molar-refractivity contribution in [3.8, 4) is 22.8 Å². The molecule has 30 heavy (non-hydrogen) atoms. The Kier molecular flexibility index (Phi) is 5.68. The van der Waals surface area contributed by atoms with E-state index >= 15 is 0 Å².